The van der Waals surface area contributed by atoms with Gasteiger partial charge in [-0.15, -0.1) is 24.0 Å². The zero-order valence-corrected chi connectivity index (χ0v) is 19.8. The Labute approximate surface area is 190 Å². The van der Waals surface area contributed by atoms with Crippen LogP contribution in [0.3, 0.4) is 0 Å². The molecule has 0 saturated heterocycles. The molecule has 160 valence electrons. The Morgan fingerprint density at radius 2 is 2.07 bits per heavy atom. The summed E-state index contributed by atoms with van der Waals surface area (Å²) in [7, 11) is 0. The lowest BCUT2D eigenvalue weighted by Crippen LogP contribution is -2.38. The first-order chi connectivity index (χ1) is 13.6. The van der Waals surface area contributed by atoms with E-state index in [9.17, 15) is 4.79 Å². The van der Waals surface area contributed by atoms with Crippen LogP contribution in [-0.4, -0.2) is 34.7 Å². The molecular formula is C21H33IN6O. The third-order valence-corrected chi connectivity index (χ3v) is 3.98. The average Bonchev–Trinajstić information content (AvgIpc) is 3.16. The molecule has 0 aliphatic heterocycles. The van der Waals surface area contributed by atoms with Gasteiger partial charge in [0.05, 0.1) is 6.54 Å². The predicted octanol–water partition coefficient (Wildman–Crippen LogP) is 3.63. The van der Waals surface area contributed by atoms with Crippen LogP contribution in [0, 0.1) is 5.92 Å². The third kappa shape index (κ3) is 10.3. The SMILES string of the molecule is CCNC(=NCc1cccc(NC(=O)CC(C)C)c1)NCCCn1cccn1.I. The molecule has 0 fully saturated rings. The number of halogens is 1. The van der Waals surface area contributed by atoms with Crippen molar-refractivity contribution in [3.8, 4) is 0 Å². The van der Waals surface area contributed by atoms with E-state index in [1.165, 1.54) is 0 Å². The molecule has 1 heterocycles. The first-order valence-corrected chi connectivity index (χ1v) is 9.95. The Morgan fingerprint density at radius 3 is 2.76 bits per heavy atom. The Bertz CT molecular complexity index is 745. The smallest absolute Gasteiger partial charge is 0.224 e. The molecule has 29 heavy (non-hydrogen) atoms. The fraction of sp³-hybridized carbons (Fsp3) is 0.476. The van der Waals surface area contributed by atoms with Crippen LogP contribution in [0.4, 0.5) is 5.69 Å². The molecule has 0 unspecified atom stereocenters. The molecule has 1 aromatic carbocycles. The van der Waals surface area contributed by atoms with Crippen molar-refractivity contribution in [2.24, 2.45) is 10.9 Å². The van der Waals surface area contributed by atoms with E-state index in [0.717, 1.165) is 43.3 Å². The van der Waals surface area contributed by atoms with Crippen LogP contribution in [0.25, 0.3) is 0 Å². The molecule has 2 aromatic rings. The summed E-state index contributed by atoms with van der Waals surface area (Å²) < 4.78 is 1.92. The van der Waals surface area contributed by atoms with E-state index in [1.807, 2.05) is 62.0 Å². The summed E-state index contributed by atoms with van der Waals surface area (Å²) in [5.41, 5.74) is 1.87. The number of anilines is 1. The molecule has 0 spiro atoms. The van der Waals surface area contributed by atoms with E-state index in [0.29, 0.717) is 18.9 Å². The van der Waals surface area contributed by atoms with Crippen molar-refractivity contribution in [1.82, 2.24) is 20.4 Å². The van der Waals surface area contributed by atoms with Crippen molar-refractivity contribution in [3.63, 3.8) is 0 Å². The van der Waals surface area contributed by atoms with Crippen molar-refractivity contribution in [2.45, 2.75) is 46.7 Å². The summed E-state index contributed by atoms with van der Waals surface area (Å²) in [5, 5.41) is 13.8. The number of carbonyl (C=O) groups excluding carboxylic acids is 1. The molecule has 8 heteroatoms. The lowest BCUT2D eigenvalue weighted by Gasteiger charge is -2.12. The fourth-order valence-corrected chi connectivity index (χ4v) is 2.72. The van der Waals surface area contributed by atoms with Crippen LogP contribution in [0.1, 0.15) is 39.2 Å². The average molecular weight is 512 g/mol. The standard InChI is InChI=1S/C21H32N6O.HI/c1-4-22-21(23-10-6-12-27-13-7-11-25-27)24-16-18-8-5-9-19(15-18)26-20(28)14-17(2)3;/h5,7-9,11,13,15,17H,4,6,10,12,14,16H2,1-3H3,(H,26,28)(H2,22,23,24);1H. The molecule has 0 bridgehead atoms. The maximum atomic E-state index is 12.0. The molecule has 0 atom stereocenters. The quantitative estimate of drug-likeness (QED) is 0.197. The maximum absolute atomic E-state index is 12.0. The number of hydrogen-bond donors (Lipinski definition) is 3. The van der Waals surface area contributed by atoms with Crippen LogP contribution >= 0.6 is 24.0 Å². The van der Waals surface area contributed by atoms with E-state index < -0.39 is 0 Å². The van der Waals surface area contributed by atoms with Crippen molar-refractivity contribution >= 4 is 41.5 Å². The first-order valence-electron chi connectivity index (χ1n) is 9.95. The summed E-state index contributed by atoms with van der Waals surface area (Å²) in [5.74, 6) is 1.18. The van der Waals surface area contributed by atoms with Crippen molar-refractivity contribution in [3.05, 3.63) is 48.3 Å². The number of hydrogen-bond acceptors (Lipinski definition) is 3. The molecule has 1 amide bonds. The Morgan fingerprint density at radius 1 is 1.24 bits per heavy atom. The largest absolute Gasteiger partial charge is 0.357 e. The fourth-order valence-electron chi connectivity index (χ4n) is 2.72. The maximum Gasteiger partial charge on any atom is 0.224 e. The Hall–Kier alpha value is -2.10. The topological polar surface area (TPSA) is 83.3 Å². The highest BCUT2D eigenvalue weighted by molar-refractivity contribution is 14.0. The van der Waals surface area contributed by atoms with Gasteiger partial charge in [0.25, 0.3) is 0 Å². The summed E-state index contributed by atoms with van der Waals surface area (Å²) >= 11 is 0. The molecule has 2 rings (SSSR count). The lowest BCUT2D eigenvalue weighted by atomic mass is 10.1. The molecule has 1 aromatic heterocycles. The number of aromatic nitrogens is 2. The molecule has 0 aliphatic carbocycles. The molecule has 7 nitrogen and oxygen atoms in total. The number of amides is 1. The number of nitrogens with zero attached hydrogens (tertiary/aromatic N) is 3. The number of nitrogens with one attached hydrogen (secondary N) is 3. The van der Waals surface area contributed by atoms with E-state index in [1.54, 1.807) is 6.20 Å². The Balaban J connectivity index is 0.00000420. The summed E-state index contributed by atoms with van der Waals surface area (Å²) in [6, 6.07) is 9.77. The predicted molar refractivity (Wildman–Crippen MR) is 130 cm³/mol. The second-order valence-electron chi connectivity index (χ2n) is 7.09. The molecule has 0 saturated carbocycles. The van der Waals surface area contributed by atoms with Gasteiger partial charge in [0.15, 0.2) is 5.96 Å². The molecular weight excluding hydrogens is 479 g/mol. The number of aliphatic imine (C=N–C) groups is 1. The minimum Gasteiger partial charge on any atom is -0.357 e. The number of rotatable bonds is 10. The summed E-state index contributed by atoms with van der Waals surface area (Å²) in [6.07, 6.45) is 5.24. The van der Waals surface area contributed by atoms with Crippen LogP contribution < -0.4 is 16.0 Å². The van der Waals surface area contributed by atoms with Crippen molar-refractivity contribution < 1.29 is 4.79 Å². The van der Waals surface area contributed by atoms with Crippen LogP contribution in [-0.2, 0) is 17.9 Å². The monoisotopic (exact) mass is 512 g/mol. The van der Waals surface area contributed by atoms with Crippen LogP contribution in [0.5, 0.6) is 0 Å². The van der Waals surface area contributed by atoms with E-state index in [2.05, 4.69) is 26.0 Å². The minimum atomic E-state index is 0. The van der Waals surface area contributed by atoms with Crippen LogP contribution in [0.15, 0.2) is 47.7 Å². The highest BCUT2D eigenvalue weighted by Gasteiger charge is 2.06. The highest BCUT2D eigenvalue weighted by Crippen LogP contribution is 2.13. The van der Waals surface area contributed by atoms with E-state index in [-0.39, 0.29) is 29.9 Å². The van der Waals surface area contributed by atoms with Gasteiger partial charge < -0.3 is 16.0 Å². The second kappa shape index (κ2) is 14.0. The van der Waals surface area contributed by atoms with Gasteiger partial charge in [0, 0.05) is 44.1 Å². The van der Waals surface area contributed by atoms with Gasteiger partial charge in [-0.25, -0.2) is 4.99 Å². The zero-order valence-electron chi connectivity index (χ0n) is 17.5. The van der Waals surface area contributed by atoms with E-state index in [4.69, 9.17) is 0 Å². The Kier molecular flexibility index (Phi) is 12.0. The van der Waals surface area contributed by atoms with Gasteiger partial charge in [0.2, 0.25) is 5.91 Å². The molecule has 0 radical (unpaired) electrons. The van der Waals surface area contributed by atoms with Crippen LogP contribution in [0.2, 0.25) is 0 Å². The number of guanidine groups is 1. The van der Waals surface area contributed by atoms with Gasteiger partial charge in [-0.1, -0.05) is 26.0 Å². The normalized spacial score (nSPS) is 11.1. The van der Waals surface area contributed by atoms with Crippen molar-refractivity contribution in [2.75, 3.05) is 18.4 Å². The molecule has 0 aliphatic rings. The highest BCUT2D eigenvalue weighted by atomic mass is 127. The second-order valence-corrected chi connectivity index (χ2v) is 7.09. The van der Waals surface area contributed by atoms with Gasteiger partial charge in [0.1, 0.15) is 0 Å². The lowest BCUT2D eigenvalue weighted by molar-refractivity contribution is -0.116. The minimum absolute atomic E-state index is 0. The van der Waals surface area contributed by atoms with Gasteiger partial charge in [-0.05, 0) is 43.0 Å². The van der Waals surface area contributed by atoms with Crippen molar-refractivity contribution in [1.29, 1.82) is 0 Å². The van der Waals surface area contributed by atoms with Gasteiger partial charge >= 0.3 is 0 Å². The summed E-state index contributed by atoms with van der Waals surface area (Å²) in [6.45, 7) is 9.16. The van der Waals surface area contributed by atoms with Gasteiger partial charge in [-0.2, -0.15) is 5.10 Å². The van der Waals surface area contributed by atoms with Gasteiger partial charge in [-0.3, -0.25) is 9.48 Å². The summed E-state index contributed by atoms with van der Waals surface area (Å²) in [4.78, 5) is 16.6. The first kappa shape index (κ1) is 24.9. The van der Waals surface area contributed by atoms with E-state index >= 15 is 0 Å². The zero-order chi connectivity index (χ0) is 20.2. The third-order valence-electron chi connectivity index (χ3n) is 3.98. The number of benzene rings is 1. The molecule has 3 N–H and O–H groups in total. The number of aryl methyl sites for hydroxylation is 1. The number of carbonyl (C=O) groups is 1.